The Bertz CT molecular complexity index is 527. The predicted molar refractivity (Wildman–Crippen MR) is 75.3 cm³/mol. The van der Waals surface area contributed by atoms with Crippen LogP contribution in [0.3, 0.4) is 0 Å². The van der Waals surface area contributed by atoms with E-state index in [1.807, 2.05) is 4.90 Å². The minimum atomic E-state index is -0.269. The van der Waals surface area contributed by atoms with Crippen molar-refractivity contribution in [3.63, 3.8) is 0 Å². The Morgan fingerprint density at radius 3 is 3.05 bits per heavy atom. The molecule has 19 heavy (non-hydrogen) atoms. The van der Waals surface area contributed by atoms with Gasteiger partial charge in [0.2, 0.25) is 5.91 Å². The smallest absolute Gasteiger partial charge is 0.241 e. The molecule has 1 aromatic carbocycles. The van der Waals surface area contributed by atoms with Gasteiger partial charge in [0.05, 0.1) is 29.4 Å². The fraction of sp³-hybridized carbons (Fsp3) is 0.385. The summed E-state index contributed by atoms with van der Waals surface area (Å²) in [5, 5.41) is 12.5. The van der Waals surface area contributed by atoms with E-state index < -0.39 is 0 Å². The Labute approximate surface area is 121 Å². The number of halogens is 2. The molecule has 1 amide bonds. The fourth-order valence-corrected chi connectivity index (χ4v) is 2.55. The lowest BCUT2D eigenvalue weighted by Gasteiger charge is -2.21. The first-order chi connectivity index (χ1) is 9.11. The van der Waals surface area contributed by atoms with Crippen LogP contribution in [0.2, 0.25) is 10.0 Å². The highest BCUT2D eigenvalue weighted by molar-refractivity contribution is 6.35. The summed E-state index contributed by atoms with van der Waals surface area (Å²) in [7, 11) is 0. The van der Waals surface area contributed by atoms with Gasteiger partial charge in [-0.15, -0.1) is 0 Å². The molecule has 0 aliphatic carbocycles. The molecule has 2 rings (SSSR count). The van der Waals surface area contributed by atoms with Gasteiger partial charge in [0.1, 0.15) is 0 Å². The number of benzene rings is 1. The standard InChI is InChI=1S/C13H13Cl2N3O/c14-9-3-4-10(15)11(8-9)17-13(19)12-2-1-6-18(12)7-5-16/h3-4,8,12H,1-2,6-7H2,(H,17,19)/t12-/m1/s1. The highest BCUT2D eigenvalue weighted by Gasteiger charge is 2.30. The molecule has 1 saturated heterocycles. The largest absolute Gasteiger partial charge is 0.323 e. The van der Waals surface area contributed by atoms with Crippen LogP contribution in [-0.4, -0.2) is 29.9 Å². The molecular weight excluding hydrogens is 285 g/mol. The summed E-state index contributed by atoms with van der Waals surface area (Å²) in [6.45, 7) is 1.04. The van der Waals surface area contributed by atoms with Crippen LogP contribution in [0.25, 0.3) is 0 Å². The number of carbonyl (C=O) groups is 1. The molecule has 4 nitrogen and oxygen atoms in total. The van der Waals surface area contributed by atoms with Gasteiger partial charge in [-0.05, 0) is 31.0 Å². The molecular formula is C13H13Cl2N3O. The number of nitriles is 1. The van der Waals surface area contributed by atoms with E-state index in [1.54, 1.807) is 18.2 Å². The molecule has 1 atom stereocenters. The van der Waals surface area contributed by atoms with E-state index >= 15 is 0 Å². The highest BCUT2D eigenvalue weighted by Crippen LogP contribution is 2.26. The maximum atomic E-state index is 12.2. The van der Waals surface area contributed by atoms with E-state index in [0.717, 1.165) is 19.4 Å². The number of hydrogen-bond acceptors (Lipinski definition) is 3. The molecule has 1 heterocycles. The Balaban J connectivity index is 2.08. The van der Waals surface area contributed by atoms with Crippen LogP contribution in [0.4, 0.5) is 5.69 Å². The van der Waals surface area contributed by atoms with Crippen LogP contribution in [0.1, 0.15) is 12.8 Å². The van der Waals surface area contributed by atoms with Crippen LogP contribution >= 0.6 is 23.2 Å². The van der Waals surface area contributed by atoms with Crippen LogP contribution < -0.4 is 5.32 Å². The third-order valence-corrected chi connectivity index (χ3v) is 3.69. The van der Waals surface area contributed by atoms with Gasteiger partial charge in [-0.25, -0.2) is 0 Å². The van der Waals surface area contributed by atoms with Gasteiger partial charge in [0.25, 0.3) is 0 Å². The summed E-state index contributed by atoms with van der Waals surface area (Å²) in [5.41, 5.74) is 0.503. The molecule has 1 aliphatic rings. The lowest BCUT2D eigenvalue weighted by Crippen LogP contribution is -2.39. The summed E-state index contributed by atoms with van der Waals surface area (Å²) < 4.78 is 0. The summed E-state index contributed by atoms with van der Waals surface area (Å²) in [5.74, 6) is -0.142. The van der Waals surface area contributed by atoms with Crippen molar-refractivity contribution < 1.29 is 4.79 Å². The molecule has 1 aromatic rings. The van der Waals surface area contributed by atoms with E-state index in [1.165, 1.54) is 0 Å². The van der Waals surface area contributed by atoms with Crippen molar-refractivity contribution in [3.8, 4) is 6.07 Å². The molecule has 6 heteroatoms. The quantitative estimate of drug-likeness (QED) is 0.873. The molecule has 1 fully saturated rings. The first-order valence-corrected chi connectivity index (χ1v) is 6.74. The summed E-state index contributed by atoms with van der Waals surface area (Å²) in [6, 6.07) is 6.73. The van der Waals surface area contributed by atoms with Crippen molar-refractivity contribution in [2.24, 2.45) is 0 Å². The monoisotopic (exact) mass is 297 g/mol. The predicted octanol–water partition coefficient (Wildman–Crippen LogP) is 2.92. The van der Waals surface area contributed by atoms with Crippen molar-refractivity contribution in [1.82, 2.24) is 4.90 Å². The third-order valence-electron chi connectivity index (χ3n) is 3.13. The molecule has 0 radical (unpaired) electrons. The number of amides is 1. The molecule has 0 saturated carbocycles. The van der Waals surface area contributed by atoms with Crippen molar-refractivity contribution in [2.45, 2.75) is 18.9 Å². The van der Waals surface area contributed by atoms with Gasteiger partial charge >= 0.3 is 0 Å². The number of rotatable bonds is 3. The van der Waals surface area contributed by atoms with E-state index in [-0.39, 0.29) is 18.5 Å². The SMILES string of the molecule is N#CCN1CCC[C@@H]1C(=O)Nc1cc(Cl)ccc1Cl. The molecule has 1 aliphatic heterocycles. The Morgan fingerprint density at radius 1 is 1.53 bits per heavy atom. The van der Waals surface area contributed by atoms with Crippen molar-refractivity contribution in [2.75, 3.05) is 18.4 Å². The molecule has 1 N–H and O–H groups in total. The lowest BCUT2D eigenvalue weighted by atomic mass is 10.2. The average Bonchev–Trinajstić information content (AvgIpc) is 2.82. The van der Waals surface area contributed by atoms with Crippen molar-refractivity contribution in [3.05, 3.63) is 28.2 Å². The second-order valence-corrected chi connectivity index (χ2v) is 5.24. The van der Waals surface area contributed by atoms with Crippen LogP contribution in [0.5, 0.6) is 0 Å². The van der Waals surface area contributed by atoms with Gasteiger partial charge in [-0.3, -0.25) is 9.69 Å². The highest BCUT2D eigenvalue weighted by atomic mass is 35.5. The van der Waals surface area contributed by atoms with Gasteiger partial charge in [0.15, 0.2) is 0 Å². The van der Waals surface area contributed by atoms with E-state index in [0.29, 0.717) is 15.7 Å². The Morgan fingerprint density at radius 2 is 2.32 bits per heavy atom. The Kier molecular flexibility index (Phi) is 4.65. The number of anilines is 1. The van der Waals surface area contributed by atoms with Crippen LogP contribution in [-0.2, 0) is 4.79 Å². The zero-order chi connectivity index (χ0) is 13.8. The topological polar surface area (TPSA) is 56.1 Å². The molecule has 0 unspecified atom stereocenters. The maximum Gasteiger partial charge on any atom is 0.241 e. The summed E-state index contributed by atoms with van der Waals surface area (Å²) >= 11 is 11.9. The number of carbonyl (C=O) groups excluding carboxylic acids is 1. The fourth-order valence-electron chi connectivity index (χ4n) is 2.21. The van der Waals surface area contributed by atoms with E-state index in [4.69, 9.17) is 28.5 Å². The van der Waals surface area contributed by atoms with Gasteiger partial charge < -0.3 is 5.32 Å². The Hall–Kier alpha value is -1.28. The minimum absolute atomic E-state index is 0.142. The van der Waals surface area contributed by atoms with Gasteiger partial charge in [-0.1, -0.05) is 23.2 Å². The number of nitrogens with one attached hydrogen (secondary N) is 1. The zero-order valence-electron chi connectivity index (χ0n) is 10.2. The maximum absolute atomic E-state index is 12.2. The van der Waals surface area contributed by atoms with Crippen molar-refractivity contribution >= 4 is 34.8 Å². The summed E-state index contributed by atoms with van der Waals surface area (Å²) in [4.78, 5) is 14.1. The number of likely N-dealkylation sites (tertiary alicyclic amines) is 1. The second kappa shape index (κ2) is 6.25. The molecule has 100 valence electrons. The third kappa shape index (κ3) is 3.38. The first kappa shape index (κ1) is 14.1. The lowest BCUT2D eigenvalue weighted by molar-refractivity contribution is -0.120. The minimum Gasteiger partial charge on any atom is -0.323 e. The van der Waals surface area contributed by atoms with Gasteiger partial charge in [-0.2, -0.15) is 5.26 Å². The second-order valence-electron chi connectivity index (χ2n) is 4.40. The molecule has 0 bridgehead atoms. The number of hydrogen-bond donors (Lipinski definition) is 1. The number of nitrogens with zero attached hydrogens (tertiary/aromatic N) is 2. The first-order valence-electron chi connectivity index (χ1n) is 5.98. The molecule has 0 spiro atoms. The normalized spacial score (nSPS) is 19.1. The van der Waals surface area contributed by atoms with E-state index in [9.17, 15) is 4.79 Å². The van der Waals surface area contributed by atoms with Crippen LogP contribution in [0, 0.1) is 11.3 Å². The summed E-state index contributed by atoms with van der Waals surface area (Å²) in [6.07, 6.45) is 1.68. The van der Waals surface area contributed by atoms with Gasteiger partial charge in [0, 0.05) is 11.6 Å². The van der Waals surface area contributed by atoms with Crippen LogP contribution in [0.15, 0.2) is 18.2 Å². The van der Waals surface area contributed by atoms with Crippen molar-refractivity contribution in [1.29, 1.82) is 5.26 Å². The zero-order valence-corrected chi connectivity index (χ0v) is 11.7. The average molecular weight is 298 g/mol. The molecule has 0 aromatic heterocycles. The van der Waals surface area contributed by atoms with E-state index in [2.05, 4.69) is 11.4 Å².